The van der Waals surface area contributed by atoms with Crippen LogP contribution in [0.15, 0.2) is 36.4 Å². The molecule has 110 valence electrons. The van der Waals surface area contributed by atoms with Crippen molar-refractivity contribution in [2.75, 3.05) is 13.2 Å². The van der Waals surface area contributed by atoms with Gasteiger partial charge in [-0.25, -0.2) is 13.2 Å². The monoisotopic (exact) mass is 292 g/mol. The Kier molecular flexibility index (Phi) is 3.97. The van der Waals surface area contributed by atoms with E-state index in [1.165, 1.54) is 0 Å². The van der Waals surface area contributed by atoms with E-state index in [1.807, 2.05) is 0 Å². The van der Waals surface area contributed by atoms with Crippen LogP contribution >= 0.6 is 0 Å². The zero-order chi connectivity index (χ0) is 14.8. The minimum Gasteiger partial charge on any atom is -0.381 e. The van der Waals surface area contributed by atoms with Crippen LogP contribution in [0.1, 0.15) is 24.3 Å². The van der Waals surface area contributed by atoms with Gasteiger partial charge in [0, 0.05) is 23.7 Å². The van der Waals surface area contributed by atoms with Crippen molar-refractivity contribution in [2.45, 2.75) is 18.8 Å². The van der Waals surface area contributed by atoms with Crippen molar-refractivity contribution in [1.82, 2.24) is 0 Å². The van der Waals surface area contributed by atoms with Crippen molar-refractivity contribution in [3.05, 3.63) is 59.4 Å². The molecule has 0 spiro atoms. The molecular formula is C17H15F3O. The van der Waals surface area contributed by atoms with Crippen LogP contribution in [0.2, 0.25) is 0 Å². The van der Waals surface area contributed by atoms with Crippen molar-refractivity contribution < 1.29 is 17.9 Å². The fraction of sp³-hybridized carbons (Fsp3) is 0.294. The van der Waals surface area contributed by atoms with Gasteiger partial charge in [-0.15, -0.1) is 0 Å². The Labute approximate surface area is 121 Å². The van der Waals surface area contributed by atoms with Crippen LogP contribution < -0.4 is 0 Å². The second kappa shape index (κ2) is 5.90. The highest BCUT2D eigenvalue weighted by Gasteiger charge is 2.27. The Balaban J connectivity index is 2.07. The minimum absolute atomic E-state index is 0.0499. The van der Waals surface area contributed by atoms with Gasteiger partial charge in [0.1, 0.15) is 5.82 Å². The van der Waals surface area contributed by atoms with Gasteiger partial charge >= 0.3 is 0 Å². The summed E-state index contributed by atoms with van der Waals surface area (Å²) in [5.74, 6) is -3.21. The molecule has 2 aromatic rings. The van der Waals surface area contributed by atoms with E-state index in [0.29, 0.717) is 18.6 Å². The van der Waals surface area contributed by atoms with E-state index in [9.17, 15) is 13.2 Å². The zero-order valence-corrected chi connectivity index (χ0v) is 11.4. The molecule has 0 radical (unpaired) electrons. The molecule has 1 fully saturated rings. The fourth-order valence-corrected chi connectivity index (χ4v) is 2.78. The third-order valence-electron chi connectivity index (χ3n) is 3.85. The Morgan fingerprint density at radius 2 is 1.76 bits per heavy atom. The predicted molar refractivity (Wildman–Crippen MR) is 74.5 cm³/mol. The van der Waals surface area contributed by atoms with Gasteiger partial charge in [-0.1, -0.05) is 30.3 Å². The summed E-state index contributed by atoms with van der Waals surface area (Å²) in [7, 11) is 0. The number of rotatable bonds is 2. The summed E-state index contributed by atoms with van der Waals surface area (Å²) in [5.41, 5.74) is 0.220. The quantitative estimate of drug-likeness (QED) is 0.731. The first-order chi connectivity index (χ1) is 10.2. The minimum atomic E-state index is -1.09. The van der Waals surface area contributed by atoms with E-state index in [2.05, 4.69) is 0 Å². The third-order valence-corrected chi connectivity index (χ3v) is 3.85. The van der Waals surface area contributed by atoms with E-state index in [0.717, 1.165) is 12.5 Å². The molecule has 0 N–H and O–H groups in total. The summed E-state index contributed by atoms with van der Waals surface area (Å²) in [6.07, 6.45) is 1.34. The lowest BCUT2D eigenvalue weighted by Crippen LogP contribution is -2.18. The molecule has 1 saturated heterocycles. The number of hydrogen-bond donors (Lipinski definition) is 0. The second-order valence-corrected chi connectivity index (χ2v) is 5.23. The molecule has 2 aromatic carbocycles. The molecule has 1 nitrogen and oxygen atoms in total. The number of benzene rings is 2. The lowest BCUT2D eigenvalue weighted by molar-refractivity contribution is 0.0781. The average molecular weight is 292 g/mol. The Morgan fingerprint density at radius 1 is 1.00 bits per heavy atom. The average Bonchev–Trinajstić information content (AvgIpc) is 2.53. The summed E-state index contributed by atoms with van der Waals surface area (Å²) in [6.45, 7) is 0.822. The third kappa shape index (κ3) is 2.68. The van der Waals surface area contributed by atoms with Crippen molar-refractivity contribution >= 4 is 0 Å². The van der Waals surface area contributed by atoms with Gasteiger partial charge in [0.25, 0.3) is 0 Å². The summed E-state index contributed by atoms with van der Waals surface area (Å²) in [6, 6.07) is 9.50. The summed E-state index contributed by atoms with van der Waals surface area (Å²) in [4.78, 5) is 0. The first kappa shape index (κ1) is 14.1. The molecule has 1 heterocycles. The lowest BCUT2D eigenvalue weighted by atomic mass is 9.90. The Morgan fingerprint density at radius 3 is 2.43 bits per heavy atom. The van der Waals surface area contributed by atoms with Gasteiger partial charge in [-0.3, -0.25) is 0 Å². The van der Waals surface area contributed by atoms with Gasteiger partial charge < -0.3 is 4.74 Å². The van der Waals surface area contributed by atoms with Crippen molar-refractivity contribution in [3.63, 3.8) is 0 Å². The Hall–Kier alpha value is -1.81. The molecule has 21 heavy (non-hydrogen) atoms. The van der Waals surface area contributed by atoms with Crippen LogP contribution in [0.3, 0.4) is 0 Å². The highest BCUT2D eigenvalue weighted by molar-refractivity contribution is 5.65. The molecule has 3 rings (SSSR count). The molecule has 1 atom stereocenters. The molecule has 4 heteroatoms. The summed E-state index contributed by atoms with van der Waals surface area (Å²) in [5, 5.41) is 0. The topological polar surface area (TPSA) is 9.23 Å². The second-order valence-electron chi connectivity index (χ2n) is 5.23. The first-order valence-corrected chi connectivity index (χ1v) is 6.99. The van der Waals surface area contributed by atoms with E-state index in [-0.39, 0.29) is 17.7 Å². The highest BCUT2D eigenvalue weighted by Crippen LogP contribution is 2.35. The molecule has 0 amide bonds. The van der Waals surface area contributed by atoms with E-state index >= 15 is 0 Å². The van der Waals surface area contributed by atoms with Gasteiger partial charge in [0.2, 0.25) is 0 Å². The van der Waals surface area contributed by atoms with Crippen molar-refractivity contribution in [3.8, 4) is 11.1 Å². The molecule has 1 aliphatic heterocycles. The van der Waals surface area contributed by atoms with Crippen molar-refractivity contribution in [2.24, 2.45) is 0 Å². The van der Waals surface area contributed by atoms with Gasteiger partial charge in [0.15, 0.2) is 11.6 Å². The fourth-order valence-electron chi connectivity index (χ4n) is 2.78. The molecule has 0 saturated carbocycles. The number of ether oxygens (including phenoxy) is 1. The number of hydrogen-bond acceptors (Lipinski definition) is 1. The van der Waals surface area contributed by atoms with Crippen LogP contribution in [-0.4, -0.2) is 13.2 Å². The van der Waals surface area contributed by atoms with E-state index in [4.69, 9.17) is 4.74 Å². The maximum absolute atomic E-state index is 14.3. The molecule has 1 aliphatic rings. The Bertz CT molecular complexity index is 634. The maximum Gasteiger partial charge on any atom is 0.167 e. The molecular weight excluding hydrogens is 277 g/mol. The van der Waals surface area contributed by atoms with Gasteiger partial charge in [0.05, 0.1) is 6.61 Å². The maximum atomic E-state index is 14.3. The van der Waals surface area contributed by atoms with Crippen molar-refractivity contribution in [1.29, 1.82) is 0 Å². The van der Waals surface area contributed by atoms with E-state index < -0.39 is 23.4 Å². The van der Waals surface area contributed by atoms with Crippen LogP contribution in [-0.2, 0) is 4.74 Å². The van der Waals surface area contributed by atoms with Crippen LogP contribution in [0.25, 0.3) is 11.1 Å². The standard InChI is InChI=1S/C17H15F3O/c18-14-9-13(11-5-2-1-3-6-11)16(19)17(20)15(14)12-7-4-8-21-10-12/h1-3,5-6,9,12H,4,7-8,10H2. The smallest absolute Gasteiger partial charge is 0.167 e. The number of halogens is 3. The van der Waals surface area contributed by atoms with Crippen LogP contribution in [0.4, 0.5) is 13.2 Å². The van der Waals surface area contributed by atoms with Gasteiger partial charge in [-0.05, 0) is 24.5 Å². The normalized spacial score (nSPS) is 18.7. The first-order valence-electron chi connectivity index (χ1n) is 6.99. The zero-order valence-electron chi connectivity index (χ0n) is 11.4. The highest BCUT2D eigenvalue weighted by atomic mass is 19.2. The molecule has 0 aliphatic carbocycles. The summed E-state index contributed by atoms with van der Waals surface area (Å²) < 4.78 is 48.2. The molecule has 0 aromatic heterocycles. The molecule has 0 bridgehead atoms. The van der Waals surface area contributed by atoms with Crippen LogP contribution in [0.5, 0.6) is 0 Å². The van der Waals surface area contributed by atoms with E-state index in [1.54, 1.807) is 30.3 Å². The lowest BCUT2D eigenvalue weighted by Gasteiger charge is -2.24. The van der Waals surface area contributed by atoms with Crippen LogP contribution in [0, 0.1) is 17.5 Å². The molecule has 1 unspecified atom stereocenters. The van der Waals surface area contributed by atoms with Gasteiger partial charge in [-0.2, -0.15) is 0 Å². The SMILES string of the molecule is Fc1cc(-c2ccccc2)c(F)c(F)c1C1CCCOC1. The largest absolute Gasteiger partial charge is 0.381 e. The predicted octanol–water partition coefficient (Wildman–Crippen LogP) is 4.66. The summed E-state index contributed by atoms with van der Waals surface area (Å²) >= 11 is 0.